The summed E-state index contributed by atoms with van der Waals surface area (Å²) in [5.41, 5.74) is 3.93. The highest BCUT2D eigenvalue weighted by atomic mass is 16.8. The summed E-state index contributed by atoms with van der Waals surface area (Å²) in [4.78, 5) is 23.4. The van der Waals surface area contributed by atoms with Crippen LogP contribution in [-0.4, -0.2) is 83.2 Å². The van der Waals surface area contributed by atoms with E-state index in [1.54, 1.807) is 53.4 Å². The summed E-state index contributed by atoms with van der Waals surface area (Å²) in [7, 11) is 0. The first-order chi connectivity index (χ1) is 29.9. The van der Waals surface area contributed by atoms with E-state index in [2.05, 4.69) is 18.7 Å². The topological polar surface area (TPSA) is 173 Å². The van der Waals surface area contributed by atoms with Gasteiger partial charge in [0.05, 0.1) is 36.5 Å². The van der Waals surface area contributed by atoms with Crippen molar-refractivity contribution in [3.63, 3.8) is 0 Å². The lowest BCUT2D eigenvalue weighted by Crippen LogP contribution is -2.70. The zero-order valence-electron chi connectivity index (χ0n) is 34.5. The molecule has 3 heterocycles. The van der Waals surface area contributed by atoms with E-state index < -0.39 is 24.0 Å². The van der Waals surface area contributed by atoms with Crippen LogP contribution >= 0.6 is 0 Å². The number of benzene rings is 3. The van der Waals surface area contributed by atoms with Gasteiger partial charge in [-0.15, -0.1) is 6.58 Å². The highest BCUT2D eigenvalue weighted by Gasteiger charge is 2.65. The summed E-state index contributed by atoms with van der Waals surface area (Å²) in [5, 5.41) is 45.4. The van der Waals surface area contributed by atoms with Gasteiger partial charge in [-0.3, -0.25) is 4.79 Å². The Balaban J connectivity index is 1.35. The van der Waals surface area contributed by atoms with Crippen molar-refractivity contribution >= 4 is 11.6 Å². The number of fused-ring (bicyclic) bond motifs is 3. The van der Waals surface area contributed by atoms with Crippen LogP contribution < -0.4 is 14.2 Å². The Morgan fingerprint density at radius 1 is 0.984 bits per heavy atom. The number of hydrogen-bond donors (Lipinski definition) is 3. The first-order valence-electron chi connectivity index (χ1n) is 21.6. The monoisotopic (exact) mass is 833 g/mol. The molecule has 13 heteroatoms. The van der Waals surface area contributed by atoms with Gasteiger partial charge >= 0.3 is 0 Å². The van der Waals surface area contributed by atoms with Crippen molar-refractivity contribution in [2.24, 2.45) is 22.9 Å². The fraction of sp³-hybridized carbons (Fsp3) is 0.479. The first-order valence-corrected chi connectivity index (χ1v) is 21.6. The molecule has 3 N–H and O–H groups in total. The molecule has 3 aliphatic heterocycles. The van der Waals surface area contributed by atoms with Crippen LogP contribution in [-0.2, 0) is 20.9 Å². The number of aliphatic hydroxyl groups excluding tert-OH is 2. The molecule has 0 bridgehead atoms. The van der Waals surface area contributed by atoms with Gasteiger partial charge in [0.25, 0.3) is 5.91 Å². The number of phenolic OH excluding ortho intramolecular Hbond substituents is 1. The number of aromatic hydroxyl groups is 1. The van der Waals surface area contributed by atoms with Gasteiger partial charge in [0.1, 0.15) is 17.5 Å². The van der Waals surface area contributed by atoms with E-state index in [4.69, 9.17) is 33.7 Å². The number of carbonyl (C=O) groups excluding carboxylic acids is 1. The number of phenols is 1. The molecule has 2 aliphatic carbocycles. The molecule has 3 aromatic rings. The highest BCUT2D eigenvalue weighted by Crippen LogP contribution is 2.62. The number of carbonyl (C=O) groups is 1. The molecule has 1 saturated carbocycles. The molecule has 13 nitrogen and oxygen atoms in total. The minimum Gasteiger partial charge on any atom is -0.508 e. The molecule has 8 rings (SSSR count). The number of unbranched alkanes of at least 4 members (excludes halogenated alkanes) is 2. The minimum atomic E-state index is -1.51. The summed E-state index contributed by atoms with van der Waals surface area (Å²) in [6.07, 6.45) is 10.6. The maximum Gasteiger partial charge on any atom is 0.254 e. The molecule has 322 valence electrons. The number of aliphatic hydroxyl groups is 2. The van der Waals surface area contributed by atoms with Crippen LogP contribution in [0.5, 0.6) is 23.0 Å². The van der Waals surface area contributed by atoms with Crippen LogP contribution in [0.3, 0.4) is 0 Å². The van der Waals surface area contributed by atoms with Gasteiger partial charge in [-0.1, -0.05) is 36.2 Å². The van der Waals surface area contributed by atoms with E-state index in [0.717, 1.165) is 55.2 Å². The maximum absolute atomic E-state index is 15.3. The average Bonchev–Trinajstić information content (AvgIpc) is 3.76. The number of nitrogens with zero attached hydrogens (tertiary/aromatic N) is 3. The van der Waals surface area contributed by atoms with Gasteiger partial charge in [-0.05, 0) is 116 Å². The second-order valence-corrected chi connectivity index (χ2v) is 16.5. The Labute approximate surface area is 356 Å². The molecule has 2 fully saturated rings. The predicted octanol–water partition coefficient (Wildman–Crippen LogP) is 7.50. The molecule has 0 aromatic heterocycles. The van der Waals surface area contributed by atoms with Crippen LogP contribution in [0.25, 0.3) is 0 Å². The van der Waals surface area contributed by atoms with E-state index >= 15 is 4.79 Å². The Kier molecular flexibility index (Phi) is 13.3. The van der Waals surface area contributed by atoms with Gasteiger partial charge < -0.3 is 48.7 Å². The van der Waals surface area contributed by atoms with Gasteiger partial charge in [-0.2, -0.15) is 5.26 Å². The van der Waals surface area contributed by atoms with Crippen LogP contribution in [0, 0.1) is 29.1 Å². The lowest BCUT2D eigenvalue weighted by molar-refractivity contribution is -0.255. The smallest absolute Gasteiger partial charge is 0.254 e. The molecule has 1 amide bonds. The molecule has 3 aromatic carbocycles. The Morgan fingerprint density at radius 3 is 2.52 bits per heavy atom. The van der Waals surface area contributed by atoms with Crippen LogP contribution in [0.2, 0.25) is 0 Å². The lowest BCUT2D eigenvalue weighted by atomic mass is 9.55. The SMILES string of the molecule is C=CCOC12Oc3ccc(O)cc3C3C(CCCCO)C(CCCCO)C=C(C(=NOC4CCCCO4)CC1N(Cc1ccc4c(c1)OCO4)C(=O)c1ccc(C#N)cc1)C32. The van der Waals surface area contributed by atoms with Gasteiger partial charge in [0, 0.05) is 49.6 Å². The third-order valence-corrected chi connectivity index (χ3v) is 12.8. The number of allylic oxidation sites excluding steroid dienone is 1. The van der Waals surface area contributed by atoms with E-state index in [1.807, 2.05) is 18.2 Å². The molecule has 7 atom stereocenters. The summed E-state index contributed by atoms with van der Waals surface area (Å²) < 4.78 is 31.8. The second kappa shape index (κ2) is 19.1. The molecule has 1 saturated heterocycles. The van der Waals surface area contributed by atoms with E-state index in [9.17, 15) is 20.6 Å². The Bertz CT molecular complexity index is 2140. The lowest BCUT2D eigenvalue weighted by Gasteiger charge is -2.60. The quantitative estimate of drug-likeness (QED) is 0.0699. The van der Waals surface area contributed by atoms with E-state index in [1.165, 1.54) is 0 Å². The largest absolute Gasteiger partial charge is 0.508 e. The van der Waals surface area contributed by atoms with Crippen molar-refractivity contribution in [3.05, 3.63) is 107 Å². The summed E-state index contributed by atoms with van der Waals surface area (Å²) >= 11 is 0. The van der Waals surface area contributed by atoms with Crippen LogP contribution in [0.1, 0.15) is 97.2 Å². The number of nitriles is 1. The second-order valence-electron chi connectivity index (χ2n) is 16.5. The van der Waals surface area contributed by atoms with Gasteiger partial charge in [0.2, 0.25) is 18.9 Å². The summed E-state index contributed by atoms with van der Waals surface area (Å²) in [5.74, 6) is -0.828. The average molecular weight is 834 g/mol. The van der Waals surface area contributed by atoms with E-state index in [0.29, 0.717) is 60.0 Å². The highest BCUT2D eigenvalue weighted by molar-refractivity contribution is 6.03. The third kappa shape index (κ3) is 8.73. The Hall–Kier alpha value is -5.39. The van der Waals surface area contributed by atoms with Crippen LogP contribution in [0.4, 0.5) is 0 Å². The maximum atomic E-state index is 15.3. The standard InChI is InChI=1S/C48H55N3O10/c1-2-22-59-48-43(51(47(55)33-15-12-31(28-49)13-16-33)29-32-14-18-41-42(24-32)58-30-57-41)27-39(50-61-44-11-5-8-23-56-44)37-25-34(9-3-6-20-52)36(10-4-7-21-53)45(46(37)48)38-26-35(54)17-19-40(38)60-48/h2,12-19,24-26,34,36,43-46,52-54H,1,3-11,20-23,27,29-30H2. The zero-order chi connectivity index (χ0) is 42.3. The van der Waals surface area contributed by atoms with Gasteiger partial charge in [0.15, 0.2) is 11.5 Å². The molecule has 0 spiro atoms. The van der Waals surface area contributed by atoms with Crippen molar-refractivity contribution < 1.29 is 48.6 Å². The van der Waals surface area contributed by atoms with Crippen molar-refractivity contribution in [1.29, 1.82) is 5.26 Å². The number of hydrogen-bond acceptors (Lipinski definition) is 12. The molecule has 0 radical (unpaired) electrons. The van der Waals surface area contributed by atoms with Crippen molar-refractivity contribution in [2.45, 2.75) is 94.8 Å². The van der Waals surface area contributed by atoms with Crippen molar-refractivity contribution in [1.82, 2.24) is 4.90 Å². The minimum absolute atomic E-state index is 0.00529. The number of amides is 1. The molecule has 5 aliphatic rings. The zero-order valence-corrected chi connectivity index (χ0v) is 34.5. The fourth-order valence-electron chi connectivity index (χ4n) is 9.99. The normalized spacial score (nSPS) is 26.6. The molecular formula is C48H55N3O10. The van der Waals surface area contributed by atoms with Crippen molar-refractivity contribution in [3.8, 4) is 29.1 Å². The molecule has 61 heavy (non-hydrogen) atoms. The third-order valence-electron chi connectivity index (χ3n) is 12.8. The number of oxime groups is 1. The first kappa shape index (κ1) is 42.3. The van der Waals surface area contributed by atoms with Crippen molar-refractivity contribution in [2.75, 3.05) is 33.2 Å². The van der Waals surface area contributed by atoms with Gasteiger partial charge in [-0.25, -0.2) is 0 Å². The van der Waals surface area contributed by atoms with Crippen LogP contribution in [0.15, 0.2) is 90.1 Å². The molecular weight excluding hydrogens is 779 g/mol. The predicted molar refractivity (Wildman–Crippen MR) is 225 cm³/mol. The Morgan fingerprint density at radius 2 is 1.77 bits per heavy atom. The molecule has 7 unspecified atom stereocenters. The number of ether oxygens (including phenoxy) is 5. The summed E-state index contributed by atoms with van der Waals surface area (Å²) in [6, 6.07) is 18.7. The summed E-state index contributed by atoms with van der Waals surface area (Å²) in [6.45, 7) is 5.06. The number of rotatable bonds is 17. The fourth-order valence-corrected chi connectivity index (χ4v) is 9.99. The van der Waals surface area contributed by atoms with E-state index in [-0.39, 0.29) is 69.0 Å².